The average molecular weight is 474 g/mol. The summed E-state index contributed by atoms with van der Waals surface area (Å²) in [5, 5.41) is 3.37. The summed E-state index contributed by atoms with van der Waals surface area (Å²) in [7, 11) is 0. The van der Waals surface area contributed by atoms with Crippen LogP contribution in [-0.4, -0.2) is 59.8 Å². The summed E-state index contributed by atoms with van der Waals surface area (Å²) in [4.78, 5) is 20.1. The smallest absolute Gasteiger partial charge is 0.407 e. The van der Waals surface area contributed by atoms with E-state index < -0.39 is 18.1 Å². The number of ether oxygens (including phenoxy) is 2. The first-order valence-electron chi connectivity index (χ1n) is 11.7. The van der Waals surface area contributed by atoms with E-state index in [0.29, 0.717) is 11.1 Å². The molecule has 32 heavy (non-hydrogen) atoms. The van der Waals surface area contributed by atoms with Crippen molar-refractivity contribution < 1.29 is 23.0 Å². The number of halogens is 2. The molecule has 1 amide bonds. The highest BCUT2D eigenvalue weighted by molar-refractivity contribution is 7.13. The maximum Gasteiger partial charge on any atom is 0.407 e. The lowest BCUT2D eigenvalue weighted by Gasteiger charge is -2.31. The first-order chi connectivity index (χ1) is 15.0. The first-order valence-corrected chi connectivity index (χ1v) is 12.5. The summed E-state index contributed by atoms with van der Waals surface area (Å²) in [6, 6.07) is 0.213. The van der Waals surface area contributed by atoms with Crippen molar-refractivity contribution >= 4 is 17.4 Å². The summed E-state index contributed by atoms with van der Waals surface area (Å²) >= 11 is 1.41. The number of nitrogens with one attached hydrogen (secondary N) is 1. The Labute approximate surface area is 194 Å². The van der Waals surface area contributed by atoms with Gasteiger partial charge >= 0.3 is 6.09 Å². The molecule has 0 bridgehead atoms. The van der Waals surface area contributed by atoms with Crippen LogP contribution in [0.15, 0.2) is 0 Å². The molecule has 1 aliphatic heterocycles. The summed E-state index contributed by atoms with van der Waals surface area (Å²) < 4.78 is 36.5. The third kappa shape index (κ3) is 8.46. The van der Waals surface area contributed by atoms with E-state index in [9.17, 15) is 13.6 Å². The number of thiazole rings is 1. The lowest BCUT2D eigenvalue weighted by molar-refractivity contribution is -0.0230. The Morgan fingerprint density at radius 3 is 2.50 bits per heavy atom. The summed E-state index contributed by atoms with van der Waals surface area (Å²) in [5.74, 6) is -2.15. The maximum atomic E-state index is 13.0. The van der Waals surface area contributed by atoms with Crippen molar-refractivity contribution in [2.45, 2.75) is 90.2 Å². The predicted molar refractivity (Wildman–Crippen MR) is 122 cm³/mol. The van der Waals surface area contributed by atoms with Gasteiger partial charge in [-0.2, -0.15) is 0 Å². The van der Waals surface area contributed by atoms with E-state index in [1.165, 1.54) is 17.8 Å². The zero-order valence-electron chi connectivity index (χ0n) is 19.7. The molecule has 0 unspecified atom stereocenters. The average Bonchev–Trinajstić information content (AvgIpc) is 2.97. The summed E-state index contributed by atoms with van der Waals surface area (Å²) in [6.07, 6.45) is 6.85. The number of carbonyl (C=O) groups excluding carboxylic acids is 1. The van der Waals surface area contributed by atoms with Gasteiger partial charge in [-0.1, -0.05) is 11.3 Å². The maximum absolute atomic E-state index is 13.0. The molecule has 6 nitrogen and oxygen atoms in total. The van der Waals surface area contributed by atoms with E-state index in [2.05, 4.69) is 15.2 Å². The van der Waals surface area contributed by atoms with Crippen LogP contribution in [0, 0.1) is 5.92 Å². The van der Waals surface area contributed by atoms with E-state index in [1.807, 2.05) is 20.8 Å². The lowest BCUT2D eigenvalue weighted by atomic mass is 9.84. The number of aromatic nitrogens is 1. The van der Waals surface area contributed by atoms with Crippen molar-refractivity contribution in [2.75, 3.05) is 26.2 Å². The second-order valence-electron chi connectivity index (χ2n) is 10.2. The molecule has 0 aromatic carbocycles. The molecule has 2 heterocycles. The van der Waals surface area contributed by atoms with Crippen LogP contribution in [0.25, 0.3) is 0 Å². The van der Waals surface area contributed by atoms with Gasteiger partial charge < -0.3 is 19.7 Å². The van der Waals surface area contributed by atoms with Crippen LogP contribution in [0.4, 0.5) is 13.6 Å². The lowest BCUT2D eigenvalue weighted by Crippen LogP contribution is -2.41. The largest absolute Gasteiger partial charge is 0.464 e. The van der Waals surface area contributed by atoms with Crippen LogP contribution >= 0.6 is 11.3 Å². The Bertz CT molecular complexity index is 727. The minimum atomic E-state index is -2.84. The summed E-state index contributed by atoms with van der Waals surface area (Å²) in [6.45, 7) is 8.83. The normalized spacial score (nSPS) is 22.7. The number of alkyl halides is 2. The van der Waals surface area contributed by atoms with E-state index in [1.54, 1.807) is 0 Å². The number of carbonyl (C=O) groups is 1. The molecule has 1 aromatic heterocycles. The fourth-order valence-corrected chi connectivity index (χ4v) is 5.24. The number of fused-ring (bicyclic) bond motifs is 1. The molecule has 1 saturated carbocycles. The molecule has 1 aliphatic carbocycles. The Morgan fingerprint density at radius 2 is 1.84 bits per heavy atom. The standard InChI is InChI=1S/C23H37F2N3O3S/c1-22(2,3)31-20(29)26-17-7-5-16(6-8-17)9-12-28-13-10-18-19(11-14-28)32-21(27-18)30-15-23(4,24)25/h16-17H,5-15H2,1-4H3,(H,26,29)/t16-,17-. The number of hydrogen-bond donors (Lipinski definition) is 1. The predicted octanol–water partition coefficient (Wildman–Crippen LogP) is 5.05. The molecule has 1 fully saturated rings. The fourth-order valence-electron chi connectivity index (χ4n) is 4.29. The van der Waals surface area contributed by atoms with Crippen LogP contribution < -0.4 is 10.1 Å². The molecule has 182 valence electrons. The highest BCUT2D eigenvalue weighted by atomic mass is 32.1. The SMILES string of the molecule is CC(F)(F)COc1nc2c(s1)CCN(CC[C@H]1CC[C@H](NC(=O)OC(C)(C)C)CC1)CC2. The van der Waals surface area contributed by atoms with Crippen LogP contribution in [0.5, 0.6) is 5.19 Å². The first kappa shape index (κ1) is 25.1. The third-order valence-electron chi connectivity index (χ3n) is 5.95. The number of amides is 1. The molecule has 0 radical (unpaired) electrons. The van der Waals surface area contributed by atoms with Crippen molar-refractivity contribution in [2.24, 2.45) is 5.92 Å². The molecule has 1 N–H and O–H groups in total. The van der Waals surface area contributed by atoms with E-state index in [0.717, 1.165) is 75.7 Å². The topological polar surface area (TPSA) is 63.7 Å². The van der Waals surface area contributed by atoms with Crippen molar-refractivity contribution in [1.29, 1.82) is 0 Å². The van der Waals surface area contributed by atoms with Crippen LogP contribution in [0.2, 0.25) is 0 Å². The van der Waals surface area contributed by atoms with Crippen molar-refractivity contribution in [1.82, 2.24) is 15.2 Å². The summed E-state index contributed by atoms with van der Waals surface area (Å²) in [5.41, 5.74) is 0.534. The van der Waals surface area contributed by atoms with Gasteiger partial charge in [-0.3, -0.25) is 0 Å². The number of rotatable bonds is 7. The zero-order valence-corrected chi connectivity index (χ0v) is 20.5. The monoisotopic (exact) mass is 473 g/mol. The van der Waals surface area contributed by atoms with Crippen LogP contribution in [0.3, 0.4) is 0 Å². The number of hydrogen-bond acceptors (Lipinski definition) is 6. The second kappa shape index (κ2) is 10.6. The highest BCUT2D eigenvalue weighted by Gasteiger charge is 2.27. The van der Waals surface area contributed by atoms with Gasteiger partial charge in [0.05, 0.1) is 5.69 Å². The van der Waals surface area contributed by atoms with Gasteiger partial charge in [-0.25, -0.2) is 18.6 Å². The molecule has 0 saturated heterocycles. The minimum absolute atomic E-state index is 0.213. The van der Waals surface area contributed by atoms with Gasteiger partial charge in [-0.15, -0.1) is 0 Å². The van der Waals surface area contributed by atoms with Crippen molar-refractivity contribution in [3.05, 3.63) is 10.6 Å². The van der Waals surface area contributed by atoms with Gasteiger partial charge in [0.25, 0.3) is 11.1 Å². The van der Waals surface area contributed by atoms with E-state index in [4.69, 9.17) is 9.47 Å². The Morgan fingerprint density at radius 1 is 1.16 bits per heavy atom. The van der Waals surface area contributed by atoms with Crippen molar-refractivity contribution in [3.8, 4) is 5.19 Å². The Kier molecular flexibility index (Phi) is 8.36. The quantitative estimate of drug-likeness (QED) is 0.600. The van der Waals surface area contributed by atoms with Crippen LogP contribution in [-0.2, 0) is 17.6 Å². The van der Waals surface area contributed by atoms with Gasteiger partial charge in [0, 0.05) is 37.4 Å². The van der Waals surface area contributed by atoms with Gasteiger partial charge in [-0.05, 0) is 71.8 Å². The van der Waals surface area contributed by atoms with E-state index in [-0.39, 0.29) is 12.1 Å². The molecular formula is C23H37F2N3O3S. The molecular weight excluding hydrogens is 436 g/mol. The highest BCUT2D eigenvalue weighted by Crippen LogP contribution is 2.30. The van der Waals surface area contributed by atoms with Crippen LogP contribution in [0.1, 0.15) is 70.4 Å². The molecule has 3 rings (SSSR count). The zero-order chi connectivity index (χ0) is 23.4. The molecule has 0 spiro atoms. The minimum Gasteiger partial charge on any atom is -0.464 e. The van der Waals surface area contributed by atoms with Gasteiger partial charge in [0.15, 0.2) is 6.61 Å². The molecule has 9 heteroatoms. The molecule has 2 aliphatic rings. The Balaban J connectivity index is 1.35. The van der Waals surface area contributed by atoms with Gasteiger partial charge in [0.1, 0.15) is 5.60 Å². The van der Waals surface area contributed by atoms with Crippen molar-refractivity contribution in [3.63, 3.8) is 0 Å². The second-order valence-corrected chi connectivity index (χ2v) is 11.2. The number of nitrogens with zero attached hydrogens (tertiary/aromatic N) is 2. The number of alkyl carbamates (subject to hydrolysis) is 1. The van der Waals surface area contributed by atoms with Gasteiger partial charge in [0.2, 0.25) is 0 Å². The molecule has 1 aromatic rings. The van der Waals surface area contributed by atoms with E-state index >= 15 is 0 Å². The molecule has 0 atom stereocenters. The third-order valence-corrected chi connectivity index (χ3v) is 7.02. The Hall–Kier alpha value is -1.48. The fraction of sp³-hybridized carbons (Fsp3) is 0.826.